The minimum Gasteiger partial charge on any atom is -1.00 e. The number of nitrogens with zero attached hydrogens (tertiary/aromatic N) is 3. The molecule has 1 aromatic rings. The molecule has 1 atom stereocenters. The van der Waals surface area contributed by atoms with Crippen LogP contribution in [0.5, 0.6) is 0 Å². The second-order valence-electron chi connectivity index (χ2n) is 5.42. The first kappa shape index (κ1) is 16.4. The molecular formula is C12H22IN3O. The SMILES string of the molecule is CC(N(C)C(=O)n1cc[n+](C)c1)C(C)(C)C.[I-]. The summed E-state index contributed by atoms with van der Waals surface area (Å²) < 4.78 is 3.45. The summed E-state index contributed by atoms with van der Waals surface area (Å²) >= 11 is 0. The Kier molecular flexibility index (Phi) is 5.64. The van der Waals surface area contributed by atoms with E-state index in [1.807, 2.05) is 24.9 Å². The normalized spacial score (nSPS) is 12.8. The van der Waals surface area contributed by atoms with Crippen molar-refractivity contribution < 1.29 is 33.3 Å². The number of halogens is 1. The van der Waals surface area contributed by atoms with Gasteiger partial charge in [-0.25, -0.2) is 9.36 Å². The molecule has 0 fully saturated rings. The number of aryl methyl sites for hydroxylation is 1. The third-order valence-corrected chi connectivity index (χ3v) is 3.13. The summed E-state index contributed by atoms with van der Waals surface area (Å²) in [6.07, 6.45) is 5.40. The van der Waals surface area contributed by atoms with E-state index in [9.17, 15) is 4.79 Å². The highest BCUT2D eigenvalue weighted by atomic mass is 127. The summed E-state index contributed by atoms with van der Waals surface area (Å²) in [5, 5.41) is 0. The average Bonchev–Trinajstić information content (AvgIpc) is 2.60. The molecule has 0 radical (unpaired) electrons. The summed E-state index contributed by atoms with van der Waals surface area (Å²) in [7, 11) is 3.75. The second kappa shape index (κ2) is 5.84. The van der Waals surface area contributed by atoms with E-state index >= 15 is 0 Å². The van der Waals surface area contributed by atoms with Crippen LogP contribution in [0, 0.1) is 5.41 Å². The van der Waals surface area contributed by atoms with Crippen LogP contribution in [0.3, 0.4) is 0 Å². The molecule has 1 aromatic heterocycles. The van der Waals surface area contributed by atoms with E-state index in [-0.39, 0.29) is 41.5 Å². The predicted molar refractivity (Wildman–Crippen MR) is 63.1 cm³/mol. The molecule has 17 heavy (non-hydrogen) atoms. The highest BCUT2D eigenvalue weighted by Gasteiger charge is 2.29. The van der Waals surface area contributed by atoms with Crippen molar-refractivity contribution in [2.75, 3.05) is 7.05 Å². The summed E-state index contributed by atoms with van der Waals surface area (Å²) in [6.45, 7) is 8.48. The van der Waals surface area contributed by atoms with E-state index in [0.29, 0.717) is 0 Å². The first-order chi connectivity index (χ1) is 7.23. The van der Waals surface area contributed by atoms with E-state index in [2.05, 4.69) is 27.7 Å². The number of imidazole rings is 1. The first-order valence-electron chi connectivity index (χ1n) is 5.54. The summed E-state index contributed by atoms with van der Waals surface area (Å²) in [6, 6.07) is 0.190. The lowest BCUT2D eigenvalue weighted by atomic mass is 9.87. The maximum absolute atomic E-state index is 12.1. The standard InChI is InChI=1S/C12H22N3O.HI/c1-10(12(2,3)4)14(6)11(16)15-8-7-13(5)9-15;/h7-10H,1-6H3;1H/q+1;/p-1. The summed E-state index contributed by atoms with van der Waals surface area (Å²) in [5.74, 6) is 0. The van der Waals surface area contributed by atoms with Gasteiger partial charge in [-0.3, -0.25) is 0 Å². The molecule has 1 rings (SSSR count). The zero-order valence-electron chi connectivity index (χ0n) is 11.4. The van der Waals surface area contributed by atoms with Crippen LogP contribution < -0.4 is 28.5 Å². The topological polar surface area (TPSA) is 29.1 Å². The van der Waals surface area contributed by atoms with Crippen molar-refractivity contribution in [3.63, 3.8) is 0 Å². The number of carbonyl (C=O) groups is 1. The maximum Gasteiger partial charge on any atom is 0.415 e. The number of rotatable bonds is 1. The van der Waals surface area contributed by atoms with Crippen LogP contribution in [0.25, 0.3) is 0 Å². The van der Waals surface area contributed by atoms with Gasteiger partial charge in [-0.1, -0.05) is 20.8 Å². The molecule has 0 bridgehead atoms. The van der Waals surface area contributed by atoms with Crippen molar-refractivity contribution in [1.29, 1.82) is 0 Å². The van der Waals surface area contributed by atoms with Crippen LogP contribution in [0.4, 0.5) is 4.79 Å². The minimum absolute atomic E-state index is 0. The Hall–Kier alpha value is -0.590. The summed E-state index contributed by atoms with van der Waals surface area (Å²) in [4.78, 5) is 13.9. The Bertz CT molecular complexity index is 381. The molecule has 98 valence electrons. The molecule has 0 aliphatic rings. The van der Waals surface area contributed by atoms with E-state index in [1.54, 1.807) is 22.0 Å². The van der Waals surface area contributed by atoms with Gasteiger partial charge in [0.1, 0.15) is 12.4 Å². The lowest BCUT2D eigenvalue weighted by Gasteiger charge is -2.33. The quantitative estimate of drug-likeness (QED) is 0.455. The van der Waals surface area contributed by atoms with Gasteiger partial charge in [-0.2, -0.15) is 4.57 Å². The Labute approximate surface area is 121 Å². The van der Waals surface area contributed by atoms with Crippen molar-refractivity contribution >= 4 is 6.03 Å². The highest BCUT2D eigenvalue weighted by Crippen LogP contribution is 2.23. The summed E-state index contributed by atoms with van der Waals surface area (Å²) in [5.41, 5.74) is 0.0831. The van der Waals surface area contributed by atoms with Gasteiger partial charge >= 0.3 is 6.03 Å². The molecule has 1 amide bonds. The van der Waals surface area contributed by atoms with Gasteiger partial charge in [-0.15, -0.1) is 0 Å². The van der Waals surface area contributed by atoms with Gasteiger partial charge in [0, 0.05) is 13.1 Å². The lowest BCUT2D eigenvalue weighted by molar-refractivity contribution is -0.670. The zero-order chi connectivity index (χ0) is 12.5. The molecule has 0 spiro atoms. The molecule has 0 saturated heterocycles. The maximum atomic E-state index is 12.1. The Balaban J connectivity index is 0.00000256. The van der Waals surface area contributed by atoms with Crippen molar-refractivity contribution in [2.45, 2.75) is 33.7 Å². The molecule has 5 heteroatoms. The second-order valence-corrected chi connectivity index (χ2v) is 5.42. The number of amides is 1. The molecule has 0 N–H and O–H groups in total. The van der Waals surface area contributed by atoms with Gasteiger partial charge in [0.2, 0.25) is 0 Å². The molecule has 0 aromatic carbocycles. The smallest absolute Gasteiger partial charge is 0.415 e. The van der Waals surface area contributed by atoms with E-state index in [4.69, 9.17) is 0 Å². The first-order valence-corrected chi connectivity index (χ1v) is 5.54. The van der Waals surface area contributed by atoms with Gasteiger partial charge in [0.25, 0.3) is 6.33 Å². The van der Waals surface area contributed by atoms with Gasteiger partial charge in [0.15, 0.2) is 0 Å². The van der Waals surface area contributed by atoms with E-state index < -0.39 is 0 Å². The van der Waals surface area contributed by atoms with Crippen molar-refractivity contribution in [3.8, 4) is 0 Å². The largest absolute Gasteiger partial charge is 1.00 e. The van der Waals surface area contributed by atoms with Crippen molar-refractivity contribution in [1.82, 2.24) is 9.47 Å². The lowest BCUT2D eigenvalue weighted by Crippen LogP contribution is -3.00. The van der Waals surface area contributed by atoms with Crippen molar-refractivity contribution in [3.05, 3.63) is 18.7 Å². The van der Waals surface area contributed by atoms with Gasteiger partial charge in [-0.05, 0) is 12.3 Å². The fraction of sp³-hybridized carbons (Fsp3) is 0.667. The van der Waals surface area contributed by atoms with Crippen LogP contribution in [-0.2, 0) is 7.05 Å². The molecule has 0 aliphatic heterocycles. The predicted octanol–water partition coefficient (Wildman–Crippen LogP) is -1.35. The third-order valence-electron chi connectivity index (χ3n) is 3.13. The minimum atomic E-state index is 0. The van der Waals surface area contributed by atoms with Crippen LogP contribution in [0.1, 0.15) is 27.7 Å². The number of hydrogen-bond acceptors (Lipinski definition) is 1. The van der Waals surface area contributed by atoms with Gasteiger partial charge in [0.05, 0.1) is 7.05 Å². The van der Waals surface area contributed by atoms with E-state index in [1.165, 1.54) is 0 Å². The number of carbonyl (C=O) groups excluding carboxylic acids is 1. The fourth-order valence-electron chi connectivity index (χ4n) is 1.49. The van der Waals surface area contributed by atoms with Crippen LogP contribution in [0.2, 0.25) is 0 Å². The number of aromatic nitrogens is 2. The molecule has 0 aliphatic carbocycles. The Morgan fingerprint density at radius 2 is 1.94 bits per heavy atom. The van der Waals surface area contributed by atoms with Crippen LogP contribution in [0.15, 0.2) is 18.7 Å². The zero-order valence-corrected chi connectivity index (χ0v) is 13.6. The fourth-order valence-corrected chi connectivity index (χ4v) is 1.49. The number of hydrogen-bond donors (Lipinski definition) is 0. The molecule has 4 nitrogen and oxygen atoms in total. The van der Waals surface area contributed by atoms with Crippen LogP contribution in [-0.4, -0.2) is 28.6 Å². The monoisotopic (exact) mass is 351 g/mol. The molecule has 1 unspecified atom stereocenters. The molecular weight excluding hydrogens is 329 g/mol. The molecule has 1 heterocycles. The Morgan fingerprint density at radius 3 is 2.29 bits per heavy atom. The highest BCUT2D eigenvalue weighted by molar-refractivity contribution is 5.76. The Morgan fingerprint density at radius 1 is 1.41 bits per heavy atom. The molecule has 0 saturated carbocycles. The third kappa shape index (κ3) is 3.97. The van der Waals surface area contributed by atoms with Crippen molar-refractivity contribution in [2.24, 2.45) is 12.5 Å². The van der Waals surface area contributed by atoms with Gasteiger partial charge < -0.3 is 28.9 Å². The van der Waals surface area contributed by atoms with E-state index in [0.717, 1.165) is 0 Å². The average molecular weight is 351 g/mol. The van der Waals surface area contributed by atoms with Crippen LogP contribution >= 0.6 is 0 Å².